The topological polar surface area (TPSA) is 12.0 Å². The summed E-state index contributed by atoms with van der Waals surface area (Å²) in [4.78, 5) is 0. The van der Waals surface area contributed by atoms with Crippen molar-refractivity contribution in [2.24, 2.45) is 0 Å². The fraction of sp³-hybridized carbons (Fsp3) is 0.200. The number of nitrogens with one attached hydrogen (secondary N) is 1. The van der Waals surface area contributed by atoms with Crippen LogP contribution in [0.2, 0.25) is 5.02 Å². The summed E-state index contributed by atoms with van der Waals surface area (Å²) in [6, 6.07) is 12.4. The van der Waals surface area contributed by atoms with Crippen molar-refractivity contribution in [3.05, 3.63) is 63.3 Å². The minimum absolute atomic E-state index is 0.121. The van der Waals surface area contributed by atoms with E-state index in [1.807, 2.05) is 24.3 Å². The van der Waals surface area contributed by atoms with Crippen LogP contribution < -0.4 is 5.32 Å². The SMILES string of the molecule is CCC(Nc1cc(F)ccc1Br)c1ccc(Cl)cc1. The lowest BCUT2D eigenvalue weighted by molar-refractivity contribution is 0.627. The Kier molecular flexibility index (Phi) is 4.83. The van der Waals surface area contributed by atoms with Gasteiger partial charge in [0.15, 0.2) is 0 Å². The first kappa shape index (κ1) is 14.4. The first-order valence-electron chi connectivity index (χ1n) is 6.07. The third-order valence-electron chi connectivity index (χ3n) is 2.94. The van der Waals surface area contributed by atoms with E-state index in [0.717, 1.165) is 22.1 Å². The summed E-state index contributed by atoms with van der Waals surface area (Å²) in [7, 11) is 0. The summed E-state index contributed by atoms with van der Waals surface area (Å²) in [5.74, 6) is -0.253. The molecule has 0 aliphatic carbocycles. The van der Waals surface area contributed by atoms with Crippen LogP contribution in [0, 0.1) is 5.82 Å². The fourth-order valence-corrected chi connectivity index (χ4v) is 2.40. The Balaban J connectivity index is 2.23. The van der Waals surface area contributed by atoms with Gasteiger partial charge in [-0.05, 0) is 58.2 Å². The lowest BCUT2D eigenvalue weighted by atomic mass is 10.0. The fourth-order valence-electron chi connectivity index (χ4n) is 1.91. The zero-order chi connectivity index (χ0) is 13.8. The molecule has 0 aromatic heterocycles. The maximum Gasteiger partial charge on any atom is 0.125 e. The molecule has 1 atom stereocenters. The molecule has 2 rings (SSSR count). The molecule has 1 unspecified atom stereocenters. The van der Waals surface area contributed by atoms with Gasteiger partial charge in [0.05, 0.1) is 11.7 Å². The molecule has 0 heterocycles. The van der Waals surface area contributed by atoms with Gasteiger partial charge >= 0.3 is 0 Å². The molecule has 0 aliphatic heterocycles. The average molecular weight is 343 g/mol. The number of halogens is 3. The van der Waals surface area contributed by atoms with Crippen molar-refractivity contribution >= 4 is 33.2 Å². The van der Waals surface area contributed by atoms with Gasteiger partial charge in [-0.25, -0.2) is 4.39 Å². The Morgan fingerprint density at radius 2 is 1.89 bits per heavy atom. The molecule has 0 saturated heterocycles. The van der Waals surface area contributed by atoms with Crippen molar-refractivity contribution in [2.75, 3.05) is 5.32 Å². The summed E-state index contributed by atoms with van der Waals surface area (Å²) >= 11 is 9.31. The Morgan fingerprint density at radius 3 is 2.53 bits per heavy atom. The van der Waals surface area contributed by atoms with Gasteiger partial charge in [0, 0.05) is 9.50 Å². The van der Waals surface area contributed by atoms with Crippen LogP contribution in [0.25, 0.3) is 0 Å². The number of hydrogen-bond donors (Lipinski definition) is 1. The summed E-state index contributed by atoms with van der Waals surface area (Å²) in [5.41, 5.74) is 1.88. The maximum atomic E-state index is 13.3. The standard InChI is InChI=1S/C15H14BrClFN/c1-2-14(10-3-5-11(17)6-4-10)19-15-9-12(18)7-8-13(15)16/h3-9,14,19H,2H2,1H3. The average Bonchev–Trinajstić information content (AvgIpc) is 2.41. The van der Waals surface area contributed by atoms with Gasteiger partial charge in [-0.3, -0.25) is 0 Å². The molecule has 0 bridgehead atoms. The highest BCUT2D eigenvalue weighted by atomic mass is 79.9. The van der Waals surface area contributed by atoms with Crippen molar-refractivity contribution in [3.63, 3.8) is 0 Å². The molecule has 0 saturated carbocycles. The molecule has 1 N–H and O–H groups in total. The van der Waals surface area contributed by atoms with Crippen LogP contribution in [0.15, 0.2) is 46.9 Å². The highest BCUT2D eigenvalue weighted by Crippen LogP contribution is 2.29. The monoisotopic (exact) mass is 341 g/mol. The largest absolute Gasteiger partial charge is 0.377 e. The van der Waals surface area contributed by atoms with Gasteiger partial charge in [-0.15, -0.1) is 0 Å². The second kappa shape index (κ2) is 6.40. The van der Waals surface area contributed by atoms with Crippen LogP contribution in [0.3, 0.4) is 0 Å². The Bertz CT molecular complexity index is 557. The first-order chi connectivity index (χ1) is 9.10. The molecule has 2 aromatic rings. The maximum absolute atomic E-state index is 13.3. The van der Waals surface area contributed by atoms with E-state index in [2.05, 4.69) is 28.2 Å². The van der Waals surface area contributed by atoms with E-state index in [1.54, 1.807) is 6.07 Å². The lowest BCUT2D eigenvalue weighted by Crippen LogP contribution is -2.10. The van der Waals surface area contributed by atoms with Gasteiger partial charge < -0.3 is 5.32 Å². The van der Waals surface area contributed by atoms with E-state index in [-0.39, 0.29) is 11.9 Å². The molecular weight excluding hydrogens is 329 g/mol. The number of benzene rings is 2. The summed E-state index contributed by atoms with van der Waals surface area (Å²) < 4.78 is 14.1. The van der Waals surface area contributed by atoms with E-state index in [0.29, 0.717) is 5.02 Å². The van der Waals surface area contributed by atoms with Gasteiger partial charge in [-0.1, -0.05) is 30.7 Å². The minimum atomic E-state index is -0.253. The molecule has 0 amide bonds. The molecule has 0 radical (unpaired) electrons. The van der Waals surface area contributed by atoms with Crippen LogP contribution in [0.4, 0.5) is 10.1 Å². The molecular formula is C15H14BrClFN. The van der Waals surface area contributed by atoms with E-state index in [4.69, 9.17) is 11.6 Å². The Labute approximate surface area is 125 Å². The lowest BCUT2D eigenvalue weighted by Gasteiger charge is -2.20. The predicted molar refractivity (Wildman–Crippen MR) is 82.2 cm³/mol. The summed E-state index contributed by atoms with van der Waals surface area (Å²) in [6.07, 6.45) is 0.893. The second-order valence-electron chi connectivity index (χ2n) is 4.28. The van der Waals surface area contributed by atoms with Gasteiger partial charge in [0.25, 0.3) is 0 Å². The first-order valence-corrected chi connectivity index (χ1v) is 7.24. The van der Waals surface area contributed by atoms with Crippen LogP contribution in [-0.2, 0) is 0 Å². The highest BCUT2D eigenvalue weighted by molar-refractivity contribution is 9.10. The minimum Gasteiger partial charge on any atom is -0.377 e. The molecule has 0 spiro atoms. The van der Waals surface area contributed by atoms with Crippen LogP contribution in [0.5, 0.6) is 0 Å². The van der Waals surface area contributed by atoms with Crippen molar-refractivity contribution in [2.45, 2.75) is 19.4 Å². The van der Waals surface area contributed by atoms with E-state index >= 15 is 0 Å². The Morgan fingerprint density at radius 1 is 1.21 bits per heavy atom. The third kappa shape index (κ3) is 3.71. The van der Waals surface area contributed by atoms with E-state index in [1.165, 1.54) is 12.1 Å². The molecule has 100 valence electrons. The zero-order valence-electron chi connectivity index (χ0n) is 10.5. The van der Waals surface area contributed by atoms with Gasteiger partial charge in [0.2, 0.25) is 0 Å². The quantitative estimate of drug-likeness (QED) is 0.740. The number of anilines is 1. The summed E-state index contributed by atoms with van der Waals surface area (Å²) in [5, 5.41) is 4.06. The Hall–Kier alpha value is -1.06. The molecule has 19 heavy (non-hydrogen) atoms. The molecule has 2 aromatic carbocycles. The number of hydrogen-bond acceptors (Lipinski definition) is 1. The van der Waals surface area contributed by atoms with E-state index in [9.17, 15) is 4.39 Å². The van der Waals surface area contributed by atoms with E-state index < -0.39 is 0 Å². The van der Waals surface area contributed by atoms with Crippen molar-refractivity contribution < 1.29 is 4.39 Å². The molecule has 0 aliphatic rings. The molecule has 4 heteroatoms. The predicted octanol–water partition coefficient (Wildman–Crippen LogP) is 5.80. The zero-order valence-corrected chi connectivity index (χ0v) is 12.8. The second-order valence-corrected chi connectivity index (χ2v) is 5.57. The summed E-state index contributed by atoms with van der Waals surface area (Å²) in [6.45, 7) is 2.08. The van der Waals surface area contributed by atoms with Gasteiger partial charge in [-0.2, -0.15) is 0 Å². The van der Waals surface area contributed by atoms with Crippen LogP contribution >= 0.6 is 27.5 Å². The van der Waals surface area contributed by atoms with Crippen LogP contribution in [0.1, 0.15) is 24.9 Å². The number of rotatable bonds is 4. The van der Waals surface area contributed by atoms with Crippen molar-refractivity contribution in [3.8, 4) is 0 Å². The van der Waals surface area contributed by atoms with Crippen molar-refractivity contribution in [1.29, 1.82) is 0 Å². The van der Waals surface area contributed by atoms with Crippen LogP contribution in [-0.4, -0.2) is 0 Å². The third-order valence-corrected chi connectivity index (χ3v) is 3.88. The van der Waals surface area contributed by atoms with Crippen molar-refractivity contribution in [1.82, 2.24) is 0 Å². The normalized spacial score (nSPS) is 12.2. The molecule has 0 fully saturated rings. The smallest absolute Gasteiger partial charge is 0.125 e. The molecule has 1 nitrogen and oxygen atoms in total. The van der Waals surface area contributed by atoms with Gasteiger partial charge in [0.1, 0.15) is 5.82 Å². The highest BCUT2D eigenvalue weighted by Gasteiger charge is 2.11.